The van der Waals surface area contributed by atoms with Crippen LogP contribution in [0.15, 0.2) is 57.8 Å². The van der Waals surface area contributed by atoms with Crippen molar-refractivity contribution < 1.29 is 12.8 Å². The molecule has 0 saturated heterocycles. The Morgan fingerprint density at radius 3 is 2.60 bits per heavy atom. The first-order valence-corrected chi connectivity index (χ1v) is 7.48. The van der Waals surface area contributed by atoms with Crippen molar-refractivity contribution in [2.75, 3.05) is 4.72 Å². The number of nitrogens with one attached hydrogen (secondary N) is 1. The van der Waals surface area contributed by atoms with Crippen LogP contribution in [0.1, 0.15) is 5.89 Å². The lowest BCUT2D eigenvalue weighted by Crippen LogP contribution is -2.12. The standard InChI is InChI=1S/C14H12N2O3S/c1-10-15-13-9-12(7-8-14(13)19-10)20(17,18)16-11-5-3-2-4-6-11/h2-9,16H,1H3. The zero-order valence-corrected chi connectivity index (χ0v) is 11.5. The molecular formula is C14H12N2O3S. The molecule has 1 heterocycles. The summed E-state index contributed by atoms with van der Waals surface area (Å²) in [5.74, 6) is 0.505. The first-order chi connectivity index (χ1) is 9.54. The molecule has 0 aliphatic rings. The van der Waals surface area contributed by atoms with Crippen LogP contribution >= 0.6 is 0 Å². The molecule has 0 spiro atoms. The molecule has 1 N–H and O–H groups in total. The highest BCUT2D eigenvalue weighted by atomic mass is 32.2. The Hall–Kier alpha value is -2.34. The van der Waals surface area contributed by atoms with E-state index >= 15 is 0 Å². The van der Waals surface area contributed by atoms with E-state index in [2.05, 4.69) is 9.71 Å². The van der Waals surface area contributed by atoms with E-state index in [0.717, 1.165) is 0 Å². The van der Waals surface area contributed by atoms with Crippen molar-refractivity contribution in [1.29, 1.82) is 0 Å². The van der Waals surface area contributed by atoms with Gasteiger partial charge >= 0.3 is 0 Å². The summed E-state index contributed by atoms with van der Waals surface area (Å²) in [6.45, 7) is 1.72. The first kappa shape index (κ1) is 12.7. The maximum Gasteiger partial charge on any atom is 0.261 e. The Balaban J connectivity index is 2.00. The number of sulfonamides is 1. The Kier molecular flexibility index (Phi) is 2.94. The van der Waals surface area contributed by atoms with Crippen molar-refractivity contribution in [2.24, 2.45) is 0 Å². The molecule has 0 radical (unpaired) electrons. The van der Waals surface area contributed by atoms with E-state index in [1.54, 1.807) is 37.3 Å². The van der Waals surface area contributed by atoms with Gasteiger partial charge in [-0.25, -0.2) is 13.4 Å². The molecule has 0 aliphatic carbocycles. The van der Waals surface area contributed by atoms with Gasteiger partial charge in [0, 0.05) is 12.6 Å². The Morgan fingerprint density at radius 1 is 1.10 bits per heavy atom. The SMILES string of the molecule is Cc1nc2cc(S(=O)(=O)Nc3ccccc3)ccc2o1. The summed E-state index contributed by atoms with van der Waals surface area (Å²) in [7, 11) is -3.63. The largest absolute Gasteiger partial charge is 0.441 e. The number of fused-ring (bicyclic) bond motifs is 1. The number of oxazole rings is 1. The molecular weight excluding hydrogens is 276 g/mol. The Bertz CT molecular complexity index is 855. The van der Waals surface area contributed by atoms with Crippen molar-refractivity contribution in [3.63, 3.8) is 0 Å². The molecule has 0 amide bonds. The van der Waals surface area contributed by atoms with Crippen LogP contribution in [-0.2, 0) is 10.0 Å². The third-order valence-corrected chi connectivity index (χ3v) is 4.18. The van der Waals surface area contributed by atoms with Crippen molar-refractivity contribution in [3.8, 4) is 0 Å². The fourth-order valence-electron chi connectivity index (χ4n) is 1.91. The molecule has 0 unspecified atom stereocenters. The molecule has 0 saturated carbocycles. The van der Waals surface area contributed by atoms with Gasteiger partial charge < -0.3 is 4.42 Å². The van der Waals surface area contributed by atoms with E-state index in [9.17, 15) is 8.42 Å². The lowest BCUT2D eigenvalue weighted by Gasteiger charge is -2.07. The highest BCUT2D eigenvalue weighted by molar-refractivity contribution is 7.92. The van der Waals surface area contributed by atoms with E-state index in [0.29, 0.717) is 22.7 Å². The summed E-state index contributed by atoms with van der Waals surface area (Å²) in [5, 5.41) is 0. The maximum atomic E-state index is 12.3. The van der Waals surface area contributed by atoms with Crippen LogP contribution in [0.2, 0.25) is 0 Å². The minimum Gasteiger partial charge on any atom is -0.441 e. The fraction of sp³-hybridized carbons (Fsp3) is 0.0714. The molecule has 1 aromatic heterocycles. The van der Waals surface area contributed by atoms with Crippen LogP contribution in [0.4, 0.5) is 5.69 Å². The number of aromatic nitrogens is 1. The number of nitrogens with zero attached hydrogens (tertiary/aromatic N) is 1. The predicted molar refractivity (Wildman–Crippen MR) is 76.0 cm³/mol. The summed E-state index contributed by atoms with van der Waals surface area (Å²) in [5.41, 5.74) is 1.61. The van der Waals surface area contributed by atoms with Crippen molar-refractivity contribution >= 4 is 26.8 Å². The number of aryl methyl sites for hydroxylation is 1. The van der Waals surface area contributed by atoms with E-state index in [-0.39, 0.29) is 4.90 Å². The average Bonchev–Trinajstić information content (AvgIpc) is 2.78. The molecule has 3 aromatic rings. The van der Waals surface area contributed by atoms with Gasteiger partial charge in [-0.15, -0.1) is 0 Å². The van der Waals surface area contributed by atoms with Crippen LogP contribution in [0, 0.1) is 6.92 Å². The van der Waals surface area contributed by atoms with E-state index in [1.807, 2.05) is 6.07 Å². The number of hydrogen-bond acceptors (Lipinski definition) is 4. The Labute approximate surface area is 116 Å². The van der Waals surface area contributed by atoms with Crippen LogP contribution in [0.25, 0.3) is 11.1 Å². The minimum absolute atomic E-state index is 0.155. The summed E-state index contributed by atoms with van der Waals surface area (Å²) >= 11 is 0. The molecule has 0 aliphatic heterocycles. The highest BCUT2D eigenvalue weighted by Crippen LogP contribution is 2.21. The summed E-state index contributed by atoms with van der Waals surface area (Å²) in [6, 6.07) is 13.3. The lowest BCUT2D eigenvalue weighted by atomic mass is 10.3. The molecule has 6 heteroatoms. The van der Waals surface area contributed by atoms with Crippen LogP contribution in [0.3, 0.4) is 0 Å². The van der Waals surface area contributed by atoms with Gasteiger partial charge in [0.2, 0.25) is 0 Å². The summed E-state index contributed by atoms with van der Waals surface area (Å²) < 4.78 is 32.4. The van der Waals surface area contributed by atoms with Crippen LogP contribution < -0.4 is 4.72 Å². The van der Waals surface area contributed by atoms with Crippen LogP contribution in [0.5, 0.6) is 0 Å². The smallest absolute Gasteiger partial charge is 0.261 e. The zero-order chi connectivity index (χ0) is 14.2. The van der Waals surface area contributed by atoms with Crippen molar-refractivity contribution in [2.45, 2.75) is 11.8 Å². The van der Waals surface area contributed by atoms with Gasteiger partial charge in [0.05, 0.1) is 4.90 Å². The molecule has 3 rings (SSSR count). The number of para-hydroxylation sites is 1. The van der Waals surface area contributed by atoms with Gasteiger partial charge in [0.25, 0.3) is 10.0 Å². The van der Waals surface area contributed by atoms with Gasteiger partial charge in [-0.05, 0) is 30.3 Å². The van der Waals surface area contributed by atoms with Gasteiger partial charge in [-0.1, -0.05) is 18.2 Å². The first-order valence-electron chi connectivity index (χ1n) is 6.00. The maximum absolute atomic E-state index is 12.3. The van der Waals surface area contributed by atoms with E-state index in [1.165, 1.54) is 12.1 Å². The lowest BCUT2D eigenvalue weighted by molar-refractivity contribution is 0.561. The molecule has 20 heavy (non-hydrogen) atoms. The molecule has 0 atom stereocenters. The zero-order valence-electron chi connectivity index (χ0n) is 10.7. The van der Waals surface area contributed by atoms with E-state index in [4.69, 9.17) is 4.42 Å². The third kappa shape index (κ3) is 2.37. The molecule has 0 bridgehead atoms. The summed E-state index contributed by atoms with van der Waals surface area (Å²) in [4.78, 5) is 4.29. The topological polar surface area (TPSA) is 72.2 Å². The minimum atomic E-state index is -3.63. The third-order valence-electron chi connectivity index (χ3n) is 2.80. The highest BCUT2D eigenvalue weighted by Gasteiger charge is 2.16. The number of rotatable bonds is 3. The van der Waals surface area contributed by atoms with Gasteiger partial charge in [0.1, 0.15) is 5.52 Å². The fourth-order valence-corrected chi connectivity index (χ4v) is 2.99. The van der Waals surface area contributed by atoms with Gasteiger partial charge in [-0.3, -0.25) is 4.72 Å². The number of anilines is 1. The molecule has 0 fully saturated rings. The number of hydrogen-bond donors (Lipinski definition) is 1. The summed E-state index contributed by atoms with van der Waals surface area (Å²) in [6.07, 6.45) is 0. The van der Waals surface area contributed by atoms with Gasteiger partial charge in [-0.2, -0.15) is 0 Å². The van der Waals surface area contributed by atoms with Crippen LogP contribution in [-0.4, -0.2) is 13.4 Å². The second-order valence-electron chi connectivity index (χ2n) is 4.33. The normalized spacial score (nSPS) is 11.7. The molecule has 102 valence electrons. The molecule has 5 nitrogen and oxygen atoms in total. The monoisotopic (exact) mass is 288 g/mol. The Morgan fingerprint density at radius 2 is 1.85 bits per heavy atom. The average molecular weight is 288 g/mol. The van der Waals surface area contributed by atoms with Crippen molar-refractivity contribution in [3.05, 3.63) is 54.4 Å². The predicted octanol–water partition coefficient (Wildman–Crippen LogP) is 2.94. The van der Waals surface area contributed by atoms with E-state index < -0.39 is 10.0 Å². The quantitative estimate of drug-likeness (QED) is 0.804. The second-order valence-corrected chi connectivity index (χ2v) is 6.02. The number of benzene rings is 2. The second kappa shape index (κ2) is 4.64. The van der Waals surface area contributed by atoms with Gasteiger partial charge in [0.15, 0.2) is 11.5 Å². The molecule has 2 aromatic carbocycles. The van der Waals surface area contributed by atoms with Crippen molar-refractivity contribution in [1.82, 2.24) is 4.98 Å².